The van der Waals surface area contributed by atoms with Crippen LogP contribution in [0.5, 0.6) is 5.75 Å². The minimum Gasteiger partial charge on any atom is -0.489 e. The summed E-state index contributed by atoms with van der Waals surface area (Å²) in [6, 6.07) is 13.0. The lowest BCUT2D eigenvalue weighted by Crippen LogP contribution is -1.98. The highest BCUT2D eigenvalue weighted by molar-refractivity contribution is 7.71. The standard InChI is InChI=1S/C18H16Cl2N4OS/c1-2-17-22-23-18(26)24(17)21-10-12-3-6-14(7-4-12)25-11-13-5-8-15(19)16(20)9-13/h3-10H,2,11H2,1H3,(H,23,26)/b21-10+. The molecule has 1 aromatic heterocycles. The molecule has 0 spiro atoms. The van der Waals surface area contributed by atoms with Crippen molar-refractivity contribution in [2.75, 3.05) is 0 Å². The van der Waals surface area contributed by atoms with Crippen molar-refractivity contribution in [1.82, 2.24) is 14.9 Å². The fourth-order valence-electron chi connectivity index (χ4n) is 2.24. The van der Waals surface area contributed by atoms with Crippen LogP contribution in [0.25, 0.3) is 0 Å². The summed E-state index contributed by atoms with van der Waals surface area (Å²) < 4.78 is 7.85. The van der Waals surface area contributed by atoms with Gasteiger partial charge >= 0.3 is 0 Å². The van der Waals surface area contributed by atoms with Crippen LogP contribution in [0, 0.1) is 4.77 Å². The van der Waals surface area contributed by atoms with Gasteiger partial charge in [-0.25, -0.2) is 0 Å². The topological polar surface area (TPSA) is 55.2 Å². The SMILES string of the molecule is CCc1n[nH]c(=S)n1/N=C/c1ccc(OCc2ccc(Cl)c(Cl)c2)cc1. The van der Waals surface area contributed by atoms with Crippen LogP contribution in [0.2, 0.25) is 10.0 Å². The predicted molar refractivity (Wildman–Crippen MR) is 107 cm³/mol. The number of aromatic amines is 1. The number of ether oxygens (including phenoxy) is 1. The number of aromatic nitrogens is 3. The van der Waals surface area contributed by atoms with Crippen LogP contribution >= 0.6 is 35.4 Å². The lowest BCUT2D eigenvalue weighted by atomic mass is 10.2. The molecule has 1 heterocycles. The van der Waals surface area contributed by atoms with Gasteiger partial charge in [-0.3, -0.25) is 5.10 Å². The molecule has 0 unspecified atom stereocenters. The molecule has 0 amide bonds. The molecule has 0 aliphatic rings. The van der Waals surface area contributed by atoms with Gasteiger partial charge in [0.05, 0.1) is 16.3 Å². The van der Waals surface area contributed by atoms with E-state index in [2.05, 4.69) is 15.3 Å². The van der Waals surface area contributed by atoms with Crippen molar-refractivity contribution in [3.63, 3.8) is 0 Å². The van der Waals surface area contributed by atoms with E-state index >= 15 is 0 Å². The van der Waals surface area contributed by atoms with Crippen molar-refractivity contribution in [2.45, 2.75) is 20.0 Å². The minimum absolute atomic E-state index is 0.411. The van der Waals surface area contributed by atoms with Crippen molar-refractivity contribution < 1.29 is 4.74 Å². The quantitative estimate of drug-likeness (QED) is 0.447. The van der Waals surface area contributed by atoms with Gasteiger partial charge in [-0.05, 0) is 59.7 Å². The molecule has 0 saturated heterocycles. The molecule has 3 aromatic rings. The van der Waals surface area contributed by atoms with Gasteiger partial charge in [0.2, 0.25) is 4.77 Å². The second-order valence-electron chi connectivity index (χ2n) is 5.46. The zero-order valence-electron chi connectivity index (χ0n) is 13.9. The molecule has 1 N–H and O–H groups in total. The minimum atomic E-state index is 0.411. The molecule has 0 radical (unpaired) electrons. The summed E-state index contributed by atoms with van der Waals surface area (Å²) in [6.07, 6.45) is 2.47. The third-order valence-electron chi connectivity index (χ3n) is 3.63. The van der Waals surface area contributed by atoms with Gasteiger partial charge in [-0.2, -0.15) is 14.9 Å². The maximum atomic E-state index is 6.01. The van der Waals surface area contributed by atoms with Crippen molar-refractivity contribution in [3.05, 3.63) is 74.2 Å². The summed E-state index contributed by atoms with van der Waals surface area (Å²) in [4.78, 5) is 0. The van der Waals surface area contributed by atoms with Crippen molar-refractivity contribution >= 4 is 41.6 Å². The fraction of sp³-hybridized carbons (Fsp3) is 0.167. The fourth-order valence-corrected chi connectivity index (χ4v) is 2.76. The number of H-pyrrole nitrogens is 1. The zero-order chi connectivity index (χ0) is 18.5. The molecule has 0 aliphatic heterocycles. The highest BCUT2D eigenvalue weighted by atomic mass is 35.5. The number of nitrogens with one attached hydrogen (secondary N) is 1. The van der Waals surface area contributed by atoms with Crippen LogP contribution in [0.3, 0.4) is 0 Å². The Morgan fingerprint density at radius 1 is 1.19 bits per heavy atom. The van der Waals surface area contributed by atoms with E-state index in [0.29, 0.717) is 21.4 Å². The van der Waals surface area contributed by atoms with Crippen LogP contribution < -0.4 is 4.74 Å². The summed E-state index contributed by atoms with van der Waals surface area (Å²) in [7, 11) is 0. The highest BCUT2D eigenvalue weighted by Crippen LogP contribution is 2.23. The predicted octanol–water partition coefficient (Wildman–Crippen LogP) is 5.27. The van der Waals surface area contributed by atoms with Gasteiger partial charge in [0.25, 0.3) is 0 Å². The number of benzene rings is 2. The smallest absolute Gasteiger partial charge is 0.216 e. The molecule has 2 aromatic carbocycles. The van der Waals surface area contributed by atoms with E-state index in [-0.39, 0.29) is 0 Å². The molecule has 0 bridgehead atoms. The lowest BCUT2D eigenvalue weighted by Gasteiger charge is -2.07. The van der Waals surface area contributed by atoms with Crippen molar-refractivity contribution in [2.24, 2.45) is 5.10 Å². The molecule has 0 aliphatic carbocycles. The summed E-state index contributed by atoms with van der Waals surface area (Å²) in [5, 5.41) is 12.3. The number of hydrogen-bond donors (Lipinski definition) is 1. The Bertz CT molecular complexity index is 980. The van der Waals surface area contributed by atoms with Crippen LogP contribution in [-0.4, -0.2) is 21.1 Å². The molecular weight excluding hydrogens is 391 g/mol. The van der Waals surface area contributed by atoms with Crippen molar-refractivity contribution in [1.29, 1.82) is 0 Å². The molecule has 5 nitrogen and oxygen atoms in total. The molecule has 134 valence electrons. The molecule has 0 atom stereocenters. The first-order valence-electron chi connectivity index (χ1n) is 7.94. The first-order chi connectivity index (χ1) is 12.6. The number of halogens is 2. The Morgan fingerprint density at radius 3 is 2.65 bits per heavy atom. The van der Waals surface area contributed by atoms with Crippen LogP contribution in [-0.2, 0) is 13.0 Å². The summed E-state index contributed by atoms with van der Waals surface area (Å²) >= 11 is 17.1. The number of nitrogens with zero attached hydrogens (tertiary/aromatic N) is 3. The van der Waals surface area contributed by atoms with E-state index in [1.807, 2.05) is 37.3 Å². The first-order valence-corrected chi connectivity index (χ1v) is 9.10. The zero-order valence-corrected chi connectivity index (χ0v) is 16.3. The van der Waals surface area contributed by atoms with Gasteiger partial charge in [0.15, 0.2) is 5.82 Å². The Labute approximate surface area is 166 Å². The van der Waals surface area contributed by atoms with Gasteiger partial charge in [0.1, 0.15) is 12.4 Å². The highest BCUT2D eigenvalue weighted by Gasteiger charge is 2.02. The molecule has 26 heavy (non-hydrogen) atoms. The molecule has 8 heteroatoms. The molecule has 0 saturated carbocycles. The third kappa shape index (κ3) is 4.52. The number of aryl methyl sites for hydroxylation is 1. The Balaban J connectivity index is 1.64. The van der Waals surface area contributed by atoms with Gasteiger partial charge < -0.3 is 4.74 Å². The average molecular weight is 407 g/mol. The van der Waals surface area contributed by atoms with E-state index < -0.39 is 0 Å². The normalized spacial score (nSPS) is 11.2. The van der Waals surface area contributed by atoms with Gasteiger partial charge in [-0.1, -0.05) is 36.2 Å². The van der Waals surface area contributed by atoms with E-state index in [1.165, 1.54) is 0 Å². The molecule has 0 fully saturated rings. The Hall–Kier alpha value is -2.15. The average Bonchev–Trinajstić information content (AvgIpc) is 3.01. The number of rotatable bonds is 6. The monoisotopic (exact) mass is 406 g/mol. The maximum absolute atomic E-state index is 6.01. The van der Waals surface area contributed by atoms with E-state index in [1.54, 1.807) is 23.0 Å². The maximum Gasteiger partial charge on any atom is 0.216 e. The van der Waals surface area contributed by atoms with Crippen LogP contribution in [0.15, 0.2) is 47.6 Å². The second kappa shape index (κ2) is 8.49. The van der Waals surface area contributed by atoms with Crippen LogP contribution in [0.1, 0.15) is 23.9 Å². The largest absolute Gasteiger partial charge is 0.489 e. The van der Waals surface area contributed by atoms with Crippen molar-refractivity contribution in [3.8, 4) is 5.75 Å². The summed E-state index contributed by atoms with van der Waals surface area (Å²) in [6.45, 7) is 2.41. The number of hydrogen-bond acceptors (Lipinski definition) is 4. The molecule has 3 rings (SSSR count). The first kappa shape index (κ1) is 18.6. The van der Waals surface area contributed by atoms with Gasteiger partial charge in [0, 0.05) is 6.42 Å². The lowest BCUT2D eigenvalue weighted by molar-refractivity contribution is 0.306. The second-order valence-corrected chi connectivity index (χ2v) is 6.66. The molecular formula is C18H16Cl2N4OS. The van der Waals surface area contributed by atoms with E-state index in [9.17, 15) is 0 Å². The van der Waals surface area contributed by atoms with Gasteiger partial charge in [-0.15, -0.1) is 0 Å². The van der Waals surface area contributed by atoms with E-state index in [4.69, 9.17) is 40.2 Å². The van der Waals surface area contributed by atoms with E-state index in [0.717, 1.165) is 29.1 Å². The third-order valence-corrected chi connectivity index (χ3v) is 4.63. The van der Waals surface area contributed by atoms with Crippen LogP contribution in [0.4, 0.5) is 0 Å². The summed E-state index contributed by atoms with van der Waals surface area (Å²) in [5.41, 5.74) is 1.88. The summed E-state index contributed by atoms with van der Waals surface area (Å²) in [5.74, 6) is 1.54. The Morgan fingerprint density at radius 2 is 1.96 bits per heavy atom. The Kier molecular flexibility index (Phi) is 6.08.